The summed E-state index contributed by atoms with van der Waals surface area (Å²) < 4.78 is 97.9. The zero-order chi connectivity index (χ0) is 31.8. The fourth-order valence-electron chi connectivity index (χ4n) is 4.96. The maximum Gasteiger partial charge on any atom is 0.317 e. The third kappa shape index (κ3) is 6.34. The fourth-order valence-corrected chi connectivity index (χ4v) is 4.96. The lowest BCUT2D eigenvalue weighted by Crippen LogP contribution is -2.31. The predicted molar refractivity (Wildman–Crippen MR) is 147 cm³/mol. The highest BCUT2D eigenvalue weighted by Crippen LogP contribution is 2.30. The standard InChI is InChI=1S/C31H24F6N4O4/c32-21-7-15(29(36)37)1-2-17(21)14-45-31-38-12-24(35)28(40-31)20-11-22(33)18(8-23(20)34)10-27-39-25-4-3-16(30(42)43)9-26(25)41(27)13-19-5-6-44-19/h1-4,7-9,11-12,19,29-30,42-43H,5-6,10,13-14H2/t19-/m0/s1. The minimum atomic E-state index is -2.86. The van der Waals surface area contributed by atoms with Crippen molar-refractivity contribution in [1.29, 1.82) is 0 Å². The molecule has 1 atom stereocenters. The summed E-state index contributed by atoms with van der Waals surface area (Å²) in [7, 11) is 0. The van der Waals surface area contributed by atoms with Gasteiger partial charge in [0.15, 0.2) is 12.1 Å². The van der Waals surface area contributed by atoms with Crippen LogP contribution in [0.5, 0.6) is 6.01 Å². The second-order valence-corrected chi connectivity index (χ2v) is 10.4. The van der Waals surface area contributed by atoms with Crippen molar-refractivity contribution in [2.24, 2.45) is 0 Å². The number of nitrogens with zero attached hydrogens (tertiary/aromatic N) is 4. The molecule has 234 valence electrons. The molecule has 0 aliphatic carbocycles. The summed E-state index contributed by atoms with van der Waals surface area (Å²) in [6.07, 6.45) is -3.39. The van der Waals surface area contributed by atoms with Gasteiger partial charge in [-0.05, 0) is 42.3 Å². The van der Waals surface area contributed by atoms with Crippen LogP contribution in [-0.4, -0.2) is 42.4 Å². The molecule has 8 nitrogen and oxygen atoms in total. The Morgan fingerprint density at radius 2 is 1.64 bits per heavy atom. The maximum atomic E-state index is 15.4. The molecular weight excluding hydrogens is 606 g/mol. The smallest absolute Gasteiger partial charge is 0.317 e. The molecule has 0 radical (unpaired) electrons. The first-order valence-corrected chi connectivity index (χ1v) is 13.7. The van der Waals surface area contributed by atoms with Gasteiger partial charge in [-0.2, -0.15) is 4.98 Å². The highest BCUT2D eigenvalue weighted by atomic mass is 19.3. The average molecular weight is 631 g/mol. The lowest BCUT2D eigenvalue weighted by Gasteiger charge is -2.27. The molecule has 1 saturated heterocycles. The highest BCUT2D eigenvalue weighted by molar-refractivity contribution is 5.77. The first-order chi connectivity index (χ1) is 21.6. The van der Waals surface area contributed by atoms with Gasteiger partial charge in [-0.25, -0.2) is 36.3 Å². The van der Waals surface area contributed by atoms with E-state index >= 15 is 8.78 Å². The van der Waals surface area contributed by atoms with Crippen LogP contribution in [0.3, 0.4) is 0 Å². The lowest BCUT2D eigenvalue weighted by molar-refractivity contribution is -0.0590. The van der Waals surface area contributed by atoms with Gasteiger partial charge in [0, 0.05) is 35.3 Å². The van der Waals surface area contributed by atoms with Crippen LogP contribution in [0.15, 0.2) is 54.7 Å². The van der Waals surface area contributed by atoms with Crippen LogP contribution < -0.4 is 4.74 Å². The van der Waals surface area contributed by atoms with E-state index in [2.05, 4.69) is 15.0 Å². The van der Waals surface area contributed by atoms with Gasteiger partial charge in [0.25, 0.3) is 6.43 Å². The molecule has 45 heavy (non-hydrogen) atoms. The summed E-state index contributed by atoms with van der Waals surface area (Å²) in [5.74, 6) is -3.55. The zero-order valence-corrected chi connectivity index (χ0v) is 23.2. The van der Waals surface area contributed by atoms with E-state index in [1.807, 2.05) is 0 Å². The van der Waals surface area contributed by atoms with Crippen LogP contribution in [0.2, 0.25) is 0 Å². The third-order valence-corrected chi connectivity index (χ3v) is 7.48. The van der Waals surface area contributed by atoms with Crippen molar-refractivity contribution in [1.82, 2.24) is 19.5 Å². The minimum Gasteiger partial charge on any atom is -0.458 e. The largest absolute Gasteiger partial charge is 0.458 e. The predicted octanol–water partition coefficient (Wildman–Crippen LogP) is 5.93. The Kier molecular flexibility index (Phi) is 8.44. The van der Waals surface area contributed by atoms with Gasteiger partial charge in [0.2, 0.25) is 0 Å². The highest BCUT2D eigenvalue weighted by Gasteiger charge is 2.24. The number of hydrogen-bond acceptors (Lipinski definition) is 7. The summed E-state index contributed by atoms with van der Waals surface area (Å²) in [6.45, 7) is 0.447. The van der Waals surface area contributed by atoms with E-state index in [1.165, 1.54) is 6.07 Å². The molecule has 0 amide bonds. The molecule has 2 N–H and O–H groups in total. The first-order valence-electron chi connectivity index (χ1n) is 13.7. The number of rotatable bonds is 10. The number of fused-ring (bicyclic) bond motifs is 1. The van der Waals surface area contributed by atoms with Crippen molar-refractivity contribution in [3.8, 4) is 17.3 Å². The summed E-state index contributed by atoms with van der Waals surface area (Å²) in [6, 6.07) is 8.63. The van der Waals surface area contributed by atoms with Crippen molar-refractivity contribution < 1.29 is 46.0 Å². The maximum absolute atomic E-state index is 15.4. The Morgan fingerprint density at radius 1 is 0.889 bits per heavy atom. The normalized spacial score (nSPS) is 14.8. The van der Waals surface area contributed by atoms with E-state index in [1.54, 1.807) is 16.7 Å². The molecule has 1 aliphatic heterocycles. The van der Waals surface area contributed by atoms with Gasteiger partial charge in [-0.3, -0.25) is 0 Å². The van der Waals surface area contributed by atoms with Crippen molar-refractivity contribution in [2.45, 2.75) is 44.8 Å². The lowest BCUT2D eigenvalue weighted by atomic mass is 10.0. The van der Waals surface area contributed by atoms with Crippen LogP contribution in [0, 0.1) is 23.3 Å². The fraction of sp³-hybridized carbons (Fsp3) is 0.258. The van der Waals surface area contributed by atoms with Gasteiger partial charge >= 0.3 is 6.01 Å². The van der Waals surface area contributed by atoms with E-state index in [4.69, 9.17) is 9.47 Å². The topological polar surface area (TPSA) is 103 Å². The van der Waals surface area contributed by atoms with Gasteiger partial charge < -0.3 is 24.3 Å². The second-order valence-electron chi connectivity index (χ2n) is 10.4. The molecular formula is C31H24F6N4O4. The third-order valence-electron chi connectivity index (χ3n) is 7.48. The number of benzene rings is 3. The molecule has 0 spiro atoms. The van der Waals surface area contributed by atoms with Crippen molar-refractivity contribution >= 4 is 11.0 Å². The van der Waals surface area contributed by atoms with Gasteiger partial charge in [-0.15, -0.1) is 0 Å². The number of aliphatic hydroxyl groups excluding tert-OH is 1. The van der Waals surface area contributed by atoms with E-state index < -0.39 is 65.4 Å². The Morgan fingerprint density at radius 3 is 2.33 bits per heavy atom. The molecule has 6 rings (SSSR count). The quantitative estimate of drug-likeness (QED) is 0.146. The van der Waals surface area contributed by atoms with Gasteiger partial charge in [0.05, 0.1) is 29.9 Å². The molecule has 3 heterocycles. The molecule has 14 heteroatoms. The Balaban J connectivity index is 1.27. The minimum absolute atomic E-state index is 0.0848. The molecule has 3 aromatic carbocycles. The molecule has 0 saturated carbocycles. The number of hydrogen-bond donors (Lipinski definition) is 2. The van der Waals surface area contributed by atoms with Crippen LogP contribution >= 0.6 is 0 Å². The van der Waals surface area contributed by atoms with E-state index in [9.17, 15) is 27.8 Å². The van der Waals surface area contributed by atoms with Crippen molar-refractivity contribution in [3.63, 3.8) is 0 Å². The van der Waals surface area contributed by atoms with Crippen molar-refractivity contribution in [3.05, 3.63) is 106 Å². The molecule has 2 aromatic heterocycles. The van der Waals surface area contributed by atoms with Crippen molar-refractivity contribution in [2.75, 3.05) is 6.61 Å². The molecule has 5 aromatic rings. The first kappa shape index (κ1) is 30.5. The van der Waals surface area contributed by atoms with E-state index in [0.717, 1.165) is 30.7 Å². The number of halogens is 6. The van der Waals surface area contributed by atoms with Crippen LogP contribution in [0.4, 0.5) is 26.3 Å². The number of aliphatic hydroxyl groups is 2. The number of alkyl halides is 2. The van der Waals surface area contributed by atoms with Crippen LogP contribution in [0.25, 0.3) is 22.3 Å². The molecule has 1 aliphatic rings. The Hall–Kier alpha value is -4.53. The van der Waals surface area contributed by atoms with Crippen LogP contribution in [-0.2, 0) is 24.3 Å². The SMILES string of the molecule is OC(O)c1ccc2nc(Cc3cc(F)c(-c4nc(OCc5ccc(C(F)F)cc5F)ncc4F)cc3F)n(C[C@@H]3CCO3)c2c1. The molecule has 1 fully saturated rings. The monoisotopic (exact) mass is 630 g/mol. The van der Waals surface area contributed by atoms with Gasteiger partial charge in [-0.1, -0.05) is 18.2 Å². The van der Waals surface area contributed by atoms with Crippen LogP contribution in [0.1, 0.15) is 47.2 Å². The Labute approximate surface area is 251 Å². The summed E-state index contributed by atoms with van der Waals surface area (Å²) in [4.78, 5) is 12.0. The summed E-state index contributed by atoms with van der Waals surface area (Å²) in [5.41, 5.74) is -0.537. The number of ether oxygens (including phenoxy) is 2. The second kappa shape index (κ2) is 12.5. The van der Waals surface area contributed by atoms with E-state index in [0.29, 0.717) is 42.3 Å². The average Bonchev–Trinajstić information content (AvgIpc) is 3.32. The summed E-state index contributed by atoms with van der Waals surface area (Å²) in [5, 5.41) is 19.3. The van der Waals surface area contributed by atoms with E-state index in [-0.39, 0.29) is 29.2 Å². The molecule has 0 bridgehead atoms. The Bertz CT molecular complexity index is 1880. The molecule has 0 unspecified atom stereocenters. The number of aromatic nitrogens is 4. The van der Waals surface area contributed by atoms with Gasteiger partial charge in [0.1, 0.15) is 35.6 Å². The zero-order valence-electron chi connectivity index (χ0n) is 23.2. The number of imidazole rings is 1. The summed E-state index contributed by atoms with van der Waals surface area (Å²) >= 11 is 0.